The lowest BCUT2D eigenvalue weighted by Gasteiger charge is -2.18. The van der Waals surface area contributed by atoms with E-state index < -0.39 is 12.0 Å². The molecule has 0 radical (unpaired) electrons. The van der Waals surface area contributed by atoms with Crippen LogP contribution in [-0.4, -0.2) is 35.9 Å². The Bertz CT molecular complexity index is 354. The van der Waals surface area contributed by atoms with Gasteiger partial charge in [-0.05, 0) is 19.1 Å². The van der Waals surface area contributed by atoms with E-state index >= 15 is 0 Å². The third-order valence-corrected chi connectivity index (χ3v) is 1.89. The second-order valence-electron chi connectivity index (χ2n) is 3.44. The van der Waals surface area contributed by atoms with Gasteiger partial charge in [0.1, 0.15) is 11.9 Å². The van der Waals surface area contributed by atoms with Crippen molar-refractivity contribution in [3.63, 3.8) is 0 Å². The minimum absolute atomic E-state index is 0.0824. The van der Waals surface area contributed by atoms with Crippen molar-refractivity contribution in [2.75, 3.05) is 19.4 Å². The van der Waals surface area contributed by atoms with Crippen LogP contribution in [0.1, 0.15) is 6.92 Å². The van der Waals surface area contributed by atoms with Crippen LogP contribution in [0.5, 0.6) is 0 Å². The maximum Gasteiger partial charge on any atom is 0.244 e. The van der Waals surface area contributed by atoms with Crippen molar-refractivity contribution in [1.29, 1.82) is 0 Å². The van der Waals surface area contributed by atoms with Crippen LogP contribution in [0.15, 0.2) is 18.2 Å². The molecule has 82 valence electrons. The molecule has 1 atom stereocenters. The monoisotopic (exact) mass is 211 g/mol. The first kappa shape index (κ1) is 11.4. The second kappa shape index (κ2) is 4.72. The summed E-state index contributed by atoms with van der Waals surface area (Å²) in [5, 5.41) is 2.82. The summed E-state index contributed by atoms with van der Waals surface area (Å²) in [6.45, 7) is 1.70. The molecule has 0 aliphatic carbocycles. The van der Waals surface area contributed by atoms with Crippen LogP contribution in [0.2, 0.25) is 0 Å². The molecule has 1 unspecified atom stereocenters. The number of hydrogen-bond acceptors (Lipinski definition) is 3. The van der Waals surface area contributed by atoms with Crippen molar-refractivity contribution in [3.05, 3.63) is 24.1 Å². The molecule has 0 aliphatic rings. The topological polar surface area (TPSA) is 45.2 Å². The second-order valence-corrected chi connectivity index (χ2v) is 3.44. The molecule has 1 heterocycles. The molecule has 15 heavy (non-hydrogen) atoms. The van der Waals surface area contributed by atoms with Gasteiger partial charge in [0, 0.05) is 14.1 Å². The SMILES string of the molecule is CC(Nc1cccc(F)n1)C(=O)N(C)C. The highest BCUT2D eigenvalue weighted by molar-refractivity contribution is 5.83. The first-order valence-corrected chi connectivity index (χ1v) is 4.61. The number of anilines is 1. The maximum atomic E-state index is 12.7. The molecular formula is C10H14FN3O. The van der Waals surface area contributed by atoms with Crippen LogP contribution in [0.3, 0.4) is 0 Å². The van der Waals surface area contributed by atoms with Crippen LogP contribution < -0.4 is 5.32 Å². The van der Waals surface area contributed by atoms with Crippen LogP contribution >= 0.6 is 0 Å². The Kier molecular flexibility index (Phi) is 3.60. The van der Waals surface area contributed by atoms with E-state index in [9.17, 15) is 9.18 Å². The predicted octanol–water partition coefficient (Wildman–Crippen LogP) is 1.11. The molecule has 5 heteroatoms. The van der Waals surface area contributed by atoms with Gasteiger partial charge in [-0.25, -0.2) is 4.98 Å². The van der Waals surface area contributed by atoms with Crippen molar-refractivity contribution >= 4 is 11.7 Å². The minimum atomic E-state index is -0.565. The van der Waals surface area contributed by atoms with Gasteiger partial charge in [0.25, 0.3) is 0 Å². The first-order valence-electron chi connectivity index (χ1n) is 4.61. The molecule has 1 aromatic rings. The fraction of sp³-hybridized carbons (Fsp3) is 0.400. The summed E-state index contributed by atoms with van der Waals surface area (Å²) in [7, 11) is 3.33. The Morgan fingerprint density at radius 3 is 2.73 bits per heavy atom. The van der Waals surface area contributed by atoms with E-state index in [1.54, 1.807) is 27.1 Å². The van der Waals surface area contributed by atoms with E-state index in [4.69, 9.17) is 0 Å². The molecule has 0 aromatic carbocycles. The standard InChI is InChI=1S/C10H14FN3O/c1-7(10(15)14(2)3)12-9-6-4-5-8(11)13-9/h4-7H,1-3H3,(H,12,13). The summed E-state index contributed by atoms with van der Waals surface area (Å²) in [4.78, 5) is 16.5. The molecule has 0 bridgehead atoms. The van der Waals surface area contributed by atoms with Gasteiger partial charge in [-0.3, -0.25) is 4.79 Å². The third kappa shape index (κ3) is 3.19. The summed E-state index contributed by atoms with van der Waals surface area (Å²) in [6, 6.07) is 3.98. The molecule has 1 N–H and O–H groups in total. The van der Waals surface area contributed by atoms with Crippen LogP contribution in [0.25, 0.3) is 0 Å². The maximum absolute atomic E-state index is 12.7. The van der Waals surface area contributed by atoms with Crippen molar-refractivity contribution in [1.82, 2.24) is 9.88 Å². The number of pyridine rings is 1. The molecule has 1 aromatic heterocycles. The van der Waals surface area contributed by atoms with Crippen molar-refractivity contribution < 1.29 is 9.18 Å². The van der Waals surface area contributed by atoms with E-state index in [0.717, 1.165) is 0 Å². The lowest BCUT2D eigenvalue weighted by molar-refractivity contribution is -0.129. The fourth-order valence-corrected chi connectivity index (χ4v) is 1.16. The average molecular weight is 211 g/mol. The highest BCUT2D eigenvalue weighted by atomic mass is 19.1. The number of aromatic nitrogens is 1. The van der Waals surface area contributed by atoms with Gasteiger partial charge in [-0.15, -0.1) is 0 Å². The predicted molar refractivity (Wildman–Crippen MR) is 56.0 cm³/mol. The van der Waals surface area contributed by atoms with Gasteiger partial charge in [0.15, 0.2) is 0 Å². The molecule has 0 saturated carbocycles. The van der Waals surface area contributed by atoms with Crippen LogP contribution in [0, 0.1) is 5.95 Å². The number of carbonyl (C=O) groups excluding carboxylic acids is 1. The number of nitrogens with zero attached hydrogens (tertiary/aromatic N) is 2. The Hall–Kier alpha value is -1.65. The smallest absolute Gasteiger partial charge is 0.244 e. The summed E-state index contributed by atoms with van der Waals surface area (Å²) in [5.74, 6) is -0.289. The Balaban J connectivity index is 2.66. The van der Waals surface area contributed by atoms with Gasteiger partial charge >= 0.3 is 0 Å². The normalized spacial score (nSPS) is 12.0. The molecule has 1 rings (SSSR count). The summed E-state index contributed by atoms with van der Waals surface area (Å²) >= 11 is 0. The number of likely N-dealkylation sites (N-methyl/N-ethyl adjacent to an activating group) is 1. The van der Waals surface area contributed by atoms with E-state index in [1.165, 1.54) is 17.0 Å². The zero-order valence-corrected chi connectivity index (χ0v) is 8.99. The molecule has 1 amide bonds. The lowest BCUT2D eigenvalue weighted by Crippen LogP contribution is -2.36. The van der Waals surface area contributed by atoms with Crippen molar-refractivity contribution in [3.8, 4) is 0 Å². The first-order chi connectivity index (χ1) is 7.00. The van der Waals surface area contributed by atoms with Gasteiger partial charge in [0.05, 0.1) is 0 Å². The number of carbonyl (C=O) groups is 1. The highest BCUT2D eigenvalue weighted by Crippen LogP contribution is 2.06. The molecule has 0 spiro atoms. The summed E-state index contributed by atoms with van der Waals surface area (Å²) < 4.78 is 12.7. The van der Waals surface area contributed by atoms with Gasteiger partial charge in [0.2, 0.25) is 11.9 Å². The fourth-order valence-electron chi connectivity index (χ4n) is 1.16. The average Bonchev–Trinajstić information content (AvgIpc) is 2.16. The number of amides is 1. The van der Waals surface area contributed by atoms with Crippen LogP contribution in [-0.2, 0) is 4.79 Å². The number of halogens is 1. The van der Waals surface area contributed by atoms with Crippen molar-refractivity contribution in [2.24, 2.45) is 0 Å². The molecule has 0 aliphatic heterocycles. The van der Waals surface area contributed by atoms with E-state index in [0.29, 0.717) is 5.82 Å². The Morgan fingerprint density at radius 2 is 2.20 bits per heavy atom. The number of nitrogens with one attached hydrogen (secondary N) is 1. The largest absolute Gasteiger partial charge is 0.359 e. The molecular weight excluding hydrogens is 197 g/mol. The Labute approximate surface area is 88.1 Å². The quantitative estimate of drug-likeness (QED) is 0.762. The lowest BCUT2D eigenvalue weighted by atomic mass is 10.3. The number of hydrogen-bond donors (Lipinski definition) is 1. The highest BCUT2D eigenvalue weighted by Gasteiger charge is 2.14. The van der Waals surface area contributed by atoms with Gasteiger partial charge in [-0.2, -0.15) is 4.39 Å². The summed E-state index contributed by atoms with van der Waals surface area (Å²) in [6.07, 6.45) is 0. The van der Waals surface area contributed by atoms with Crippen LogP contribution in [0.4, 0.5) is 10.2 Å². The molecule has 0 fully saturated rings. The molecule has 0 saturated heterocycles. The number of rotatable bonds is 3. The minimum Gasteiger partial charge on any atom is -0.359 e. The Morgan fingerprint density at radius 1 is 1.53 bits per heavy atom. The van der Waals surface area contributed by atoms with E-state index in [1.807, 2.05) is 0 Å². The van der Waals surface area contributed by atoms with Gasteiger partial charge in [-0.1, -0.05) is 6.07 Å². The van der Waals surface area contributed by atoms with E-state index in [2.05, 4.69) is 10.3 Å². The van der Waals surface area contributed by atoms with Crippen molar-refractivity contribution in [2.45, 2.75) is 13.0 Å². The third-order valence-electron chi connectivity index (χ3n) is 1.89. The zero-order chi connectivity index (χ0) is 11.4. The summed E-state index contributed by atoms with van der Waals surface area (Å²) in [5.41, 5.74) is 0. The zero-order valence-electron chi connectivity index (χ0n) is 8.99. The van der Waals surface area contributed by atoms with E-state index in [-0.39, 0.29) is 5.91 Å². The molecule has 4 nitrogen and oxygen atoms in total. The van der Waals surface area contributed by atoms with Gasteiger partial charge < -0.3 is 10.2 Å².